The molecule has 0 spiro atoms. The highest BCUT2D eigenvalue weighted by Gasteiger charge is 2.47. The minimum atomic E-state index is -5.03. The average Bonchev–Trinajstić information content (AvgIpc) is 3.86. The molecule has 1 fully saturated rings. The Labute approximate surface area is 265 Å². The van der Waals surface area contributed by atoms with E-state index in [4.69, 9.17) is 26.8 Å². The van der Waals surface area contributed by atoms with E-state index >= 15 is 0 Å². The van der Waals surface area contributed by atoms with Gasteiger partial charge in [-0.25, -0.2) is 14.4 Å². The van der Waals surface area contributed by atoms with Gasteiger partial charge >= 0.3 is 6.18 Å². The van der Waals surface area contributed by atoms with Gasteiger partial charge in [-0.15, -0.1) is 0 Å². The smallest absolute Gasteiger partial charge is 0.419 e. The number of ether oxygens (including phenoxy) is 2. The van der Waals surface area contributed by atoms with Crippen molar-refractivity contribution in [2.45, 2.75) is 38.5 Å². The lowest BCUT2D eigenvalue weighted by Gasteiger charge is -2.29. The van der Waals surface area contributed by atoms with Crippen molar-refractivity contribution < 1.29 is 41.7 Å². The first-order valence-electron chi connectivity index (χ1n) is 14.2. The van der Waals surface area contributed by atoms with Gasteiger partial charge in [0.2, 0.25) is 0 Å². The molecule has 5 rings (SSSR count). The van der Waals surface area contributed by atoms with E-state index in [1.165, 1.54) is 19.2 Å². The first-order chi connectivity index (χ1) is 21.7. The molecule has 0 bridgehead atoms. The molecule has 14 heteroatoms. The number of hydrogen-bond acceptors (Lipinski definition) is 7. The summed E-state index contributed by atoms with van der Waals surface area (Å²) in [6.07, 6.45) is -3.96. The molecule has 1 saturated carbocycles. The normalized spacial score (nSPS) is 14.5. The number of pyridine rings is 2. The fourth-order valence-electron chi connectivity index (χ4n) is 5.24. The van der Waals surface area contributed by atoms with Crippen LogP contribution in [0.25, 0.3) is 22.2 Å². The number of halogens is 5. The third-order valence-corrected chi connectivity index (χ3v) is 8.16. The van der Waals surface area contributed by atoms with Crippen LogP contribution >= 0.6 is 11.6 Å². The van der Waals surface area contributed by atoms with Crippen LogP contribution in [0.2, 0.25) is 5.02 Å². The van der Waals surface area contributed by atoms with Crippen LogP contribution in [0.15, 0.2) is 42.5 Å². The Bertz CT molecular complexity index is 1870. The summed E-state index contributed by atoms with van der Waals surface area (Å²) in [6.45, 7) is 2.91. The van der Waals surface area contributed by atoms with Gasteiger partial charge in [-0.1, -0.05) is 11.6 Å². The van der Waals surface area contributed by atoms with E-state index in [1.807, 2.05) is 0 Å². The highest BCUT2D eigenvalue weighted by molar-refractivity contribution is 6.31. The number of amides is 2. The summed E-state index contributed by atoms with van der Waals surface area (Å²) in [5.74, 6) is -3.43. The number of nitrogens with two attached hydrogens (primary N) is 1. The van der Waals surface area contributed by atoms with Crippen LogP contribution in [0.3, 0.4) is 0 Å². The number of nitrogens with zero attached hydrogens (tertiary/aromatic N) is 2. The molecule has 2 aromatic heterocycles. The van der Waals surface area contributed by atoms with Gasteiger partial charge in [-0.3, -0.25) is 9.59 Å². The number of carbonyl (C=O) groups excluding carboxylic acids is 2. The monoisotopic (exact) mass is 660 g/mol. The highest BCUT2D eigenvalue weighted by Crippen LogP contribution is 2.47. The molecule has 0 radical (unpaired) electrons. The van der Waals surface area contributed by atoms with Crippen molar-refractivity contribution in [2.75, 3.05) is 20.3 Å². The van der Waals surface area contributed by atoms with Crippen LogP contribution in [0, 0.1) is 18.7 Å². The van der Waals surface area contributed by atoms with E-state index in [9.17, 15) is 32.3 Å². The molecule has 2 heterocycles. The molecule has 4 aromatic rings. The van der Waals surface area contributed by atoms with Crippen molar-refractivity contribution in [2.24, 2.45) is 11.7 Å². The summed E-state index contributed by atoms with van der Waals surface area (Å²) >= 11 is 6.25. The van der Waals surface area contributed by atoms with E-state index < -0.39 is 40.9 Å². The van der Waals surface area contributed by atoms with E-state index in [-0.39, 0.29) is 47.0 Å². The van der Waals surface area contributed by atoms with Crippen LogP contribution < -0.4 is 20.5 Å². The third-order valence-electron chi connectivity index (χ3n) is 7.78. The molecule has 2 aromatic carbocycles. The summed E-state index contributed by atoms with van der Waals surface area (Å²) in [5, 5.41) is 15.7. The summed E-state index contributed by atoms with van der Waals surface area (Å²) in [4.78, 5) is 34.9. The van der Waals surface area contributed by atoms with E-state index in [0.717, 1.165) is 6.07 Å². The van der Waals surface area contributed by atoms with Gasteiger partial charge in [0.15, 0.2) is 5.75 Å². The van der Waals surface area contributed by atoms with Crippen LogP contribution in [-0.4, -0.2) is 47.2 Å². The van der Waals surface area contributed by atoms with Crippen molar-refractivity contribution in [1.29, 1.82) is 0 Å². The standard InChI is InChI=1S/C32H29ClF4N4O5/c1-4-46-28-20(29(38)42)13-25(41-27(28)16-5-8-23(34)21(10-16)32(35,36)37)31(44,19-6-7-19)14-39-30(43)18-9-17-11-22(33)15(2)40-26(17)24(12-18)45-3/h5,8-13,19,44H,4,6-7,14H2,1-3H3,(H2,38,42)(H,39,43)/t31-/m1/s1. The first kappa shape index (κ1) is 32.9. The largest absolute Gasteiger partial charge is 0.494 e. The Balaban J connectivity index is 1.57. The Morgan fingerprint density at radius 3 is 2.46 bits per heavy atom. The van der Waals surface area contributed by atoms with Gasteiger partial charge in [0.1, 0.15) is 28.4 Å². The maximum atomic E-state index is 14.2. The maximum Gasteiger partial charge on any atom is 0.419 e. The number of nitrogens with one attached hydrogen (secondary N) is 1. The second-order valence-electron chi connectivity index (χ2n) is 10.9. The van der Waals surface area contributed by atoms with Gasteiger partial charge < -0.3 is 25.6 Å². The number of aryl methyl sites for hydroxylation is 1. The number of rotatable bonds is 10. The van der Waals surface area contributed by atoms with Crippen molar-refractivity contribution >= 4 is 34.3 Å². The third kappa shape index (κ3) is 6.29. The highest BCUT2D eigenvalue weighted by atomic mass is 35.5. The predicted molar refractivity (Wildman–Crippen MR) is 161 cm³/mol. The quantitative estimate of drug-likeness (QED) is 0.179. The van der Waals surface area contributed by atoms with Gasteiger partial charge in [-0.2, -0.15) is 13.2 Å². The van der Waals surface area contributed by atoms with Crippen molar-refractivity contribution in [3.05, 3.63) is 81.4 Å². The number of aliphatic hydroxyl groups is 1. The molecule has 0 saturated heterocycles. The molecule has 46 heavy (non-hydrogen) atoms. The van der Waals surface area contributed by atoms with Crippen LogP contribution in [-0.2, 0) is 11.8 Å². The van der Waals surface area contributed by atoms with Crippen molar-refractivity contribution in [3.63, 3.8) is 0 Å². The minimum absolute atomic E-state index is 0.0138. The summed E-state index contributed by atoms with van der Waals surface area (Å²) in [6, 6.07) is 8.12. The Morgan fingerprint density at radius 1 is 1.13 bits per heavy atom. The van der Waals surface area contributed by atoms with Gasteiger partial charge in [0.05, 0.1) is 47.8 Å². The van der Waals surface area contributed by atoms with Crippen molar-refractivity contribution in [3.8, 4) is 22.8 Å². The maximum absolute atomic E-state index is 14.2. The minimum Gasteiger partial charge on any atom is -0.494 e. The number of methoxy groups -OCH3 is 1. The van der Waals surface area contributed by atoms with Crippen LogP contribution in [0.1, 0.15) is 57.4 Å². The molecule has 0 aliphatic heterocycles. The Hall–Kier alpha value is -4.49. The molecule has 1 aliphatic carbocycles. The molecular weight excluding hydrogens is 632 g/mol. The van der Waals surface area contributed by atoms with Gasteiger partial charge in [0.25, 0.3) is 11.8 Å². The fraction of sp³-hybridized carbons (Fsp3) is 0.312. The topological polar surface area (TPSA) is 137 Å². The number of benzene rings is 2. The van der Waals surface area contributed by atoms with Gasteiger partial charge in [-0.05, 0) is 75.1 Å². The molecule has 1 atom stereocenters. The van der Waals surface area contributed by atoms with Gasteiger partial charge in [0, 0.05) is 16.5 Å². The zero-order chi connectivity index (χ0) is 33.6. The van der Waals surface area contributed by atoms with Crippen LogP contribution in [0.5, 0.6) is 11.5 Å². The predicted octanol–water partition coefficient (Wildman–Crippen LogP) is 5.95. The summed E-state index contributed by atoms with van der Waals surface area (Å²) in [7, 11) is 1.43. The second-order valence-corrected chi connectivity index (χ2v) is 11.3. The fourth-order valence-corrected chi connectivity index (χ4v) is 5.40. The Kier molecular flexibility index (Phi) is 8.84. The number of alkyl halides is 3. The number of aromatic nitrogens is 2. The molecule has 242 valence electrons. The zero-order valence-electron chi connectivity index (χ0n) is 24.9. The molecule has 9 nitrogen and oxygen atoms in total. The lowest BCUT2D eigenvalue weighted by molar-refractivity contribution is -0.139. The van der Waals surface area contributed by atoms with E-state index in [0.29, 0.717) is 52.3 Å². The SMILES string of the molecule is CCOc1c(C(N)=O)cc([C@@](O)(CNC(=O)c2cc(OC)c3nc(C)c(Cl)cc3c2)C2CC2)nc1-c1ccc(F)c(C(F)(F)F)c1. The molecule has 0 unspecified atom stereocenters. The Morgan fingerprint density at radius 2 is 1.85 bits per heavy atom. The molecule has 1 aliphatic rings. The van der Waals surface area contributed by atoms with Crippen molar-refractivity contribution in [1.82, 2.24) is 15.3 Å². The number of primary amides is 1. The number of hydrogen-bond donors (Lipinski definition) is 3. The molecule has 2 amide bonds. The molecule has 4 N–H and O–H groups in total. The molecular formula is C32H29ClF4N4O5. The number of fused-ring (bicyclic) bond motifs is 1. The van der Waals surface area contributed by atoms with E-state index in [2.05, 4.69) is 15.3 Å². The van der Waals surface area contributed by atoms with Crippen LogP contribution in [0.4, 0.5) is 17.6 Å². The lowest BCUT2D eigenvalue weighted by Crippen LogP contribution is -2.43. The summed E-state index contributed by atoms with van der Waals surface area (Å²) in [5.41, 5.74) is 2.57. The lowest BCUT2D eigenvalue weighted by atomic mass is 9.90. The second kappa shape index (κ2) is 12.4. The first-order valence-corrected chi connectivity index (χ1v) is 14.6. The number of carbonyl (C=O) groups is 2. The summed E-state index contributed by atoms with van der Waals surface area (Å²) < 4.78 is 66.0. The van der Waals surface area contributed by atoms with E-state index in [1.54, 1.807) is 26.0 Å². The average molecular weight is 661 g/mol. The zero-order valence-corrected chi connectivity index (χ0v) is 25.6.